The zero-order valence-electron chi connectivity index (χ0n) is 12.6. The summed E-state index contributed by atoms with van der Waals surface area (Å²) in [4.78, 5) is 12.0. The van der Waals surface area contributed by atoms with Crippen molar-refractivity contribution in [2.45, 2.75) is 6.42 Å². The summed E-state index contributed by atoms with van der Waals surface area (Å²) in [5.74, 6) is 0.633. The second-order valence-corrected chi connectivity index (χ2v) is 6.07. The summed E-state index contributed by atoms with van der Waals surface area (Å²) in [5.41, 5.74) is 5.74. The third-order valence-corrected chi connectivity index (χ3v) is 4.57. The van der Waals surface area contributed by atoms with Gasteiger partial charge >= 0.3 is 0 Å². The molecule has 114 valence electrons. The van der Waals surface area contributed by atoms with E-state index in [2.05, 4.69) is 37.8 Å². The maximum absolute atomic E-state index is 5.12. The molecule has 0 saturated carbocycles. The molecule has 5 heteroatoms. The number of hydrogen-bond donors (Lipinski definition) is 1. The smallest absolute Gasteiger partial charge is 0.212 e. The topological polar surface area (TPSA) is 50.8 Å². The number of pyridine rings is 2. The molecule has 1 N–H and O–H groups in total. The Labute approximate surface area is 137 Å². The molecule has 23 heavy (non-hydrogen) atoms. The zero-order valence-corrected chi connectivity index (χ0v) is 13.4. The van der Waals surface area contributed by atoms with Gasteiger partial charge in [-0.05, 0) is 45.1 Å². The lowest BCUT2D eigenvalue weighted by atomic mass is 10.0. The van der Waals surface area contributed by atoms with Crippen LogP contribution in [0.1, 0.15) is 11.1 Å². The molecule has 0 aliphatic rings. The van der Waals surface area contributed by atoms with Gasteiger partial charge in [0.1, 0.15) is 5.65 Å². The van der Waals surface area contributed by atoms with Crippen LogP contribution in [-0.2, 0) is 6.42 Å². The lowest BCUT2D eigenvalue weighted by Gasteiger charge is -2.05. The second-order valence-electron chi connectivity index (χ2n) is 5.29. The first-order valence-electron chi connectivity index (χ1n) is 7.31. The number of fused-ring (bicyclic) bond motifs is 1. The fourth-order valence-corrected chi connectivity index (χ4v) is 3.43. The number of nitrogens with one attached hydrogen (secondary N) is 1. The first-order chi connectivity index (χ1) is 11.3. The van der Waals surface area contributed by atoms with Crippen LogP contribution in [0.25, 0.3) is 22.2 Å². The number of methoxy groups -OCH3 is 1. The predicted octanol–water partition coefficient (Wildman–Crippen LogP) is 4.29. The van der Waals surface area contributed by atoms with Crippen LogP contribution in [0.4, 0.5) is 0 Å². The number of nitrogens with zero attached hydrogens (tertiary/aromatic N) is 2. The van der Waals surface area contributed by atoms with Crippen molar-refractivity contribution in [1.82, 2.24) is 15.0 Å². The quantitative estimate of drug-likeness (QED) is 0.610. The van der Waals surface area contributed by atoms with Crippen LogP contribution >= 0.6 is 11.3 Å². The van der Waals surface area contributed by atoms with Gasteiger partial charge in [0.2, 0.25) is 5.88 Å². The molecule has 0 radical (unpaired) electrons. The number of H-pyrrole nitrogens is 1. The van der Waals surface area contributed by atoms with Gasteiger partial charge < -0.3 is 9.72 Å². The van der Waals surface area contributed by atoms with Crippen molar-refractivity contribution in [3.63, 3.8) is 0 Å². The molecule has 0 atom stereocenters. The molecular formula is C18H15N3OS. The van der Waals surface area contributed by atoms with Crippen LogP contribution in [0.2, 0.25) is 0 Å². The number of aromatic amines is 1. The van der Waals surface area contributed by atoms with Gasteiger partial charge in [-0.25, -0.2) is 9.97 Å². The summed E-state index contributed by atoms with van der Waals surface area (Å²) in [6.07, 6.45) is 6.56. The highest BCUT2D eigenvalue weighted by atomic mass is 32.1. The number of aromatic nitrogens is 3. The molecule has 4 rings (SSSR count). The van der Waals surface area contributed by atoms with Gasteiger partial charge in [0, 0.05) is 36.5 Å². The first-order valence-corrected chi connectivity index (χ1v) is 8.26. The van der Waals surface area contributed by atoms with E-state index in [0.717, 1.165) is 17.6 Å². The van der Waals surface area contributed by atoms with Gasteiger partial charge in [0.05, 0.1) is 7.11 Å². The molecule has 0 unspecified atom stereocenters. The highest BCUT2D eigenvalue weighted by Gasteiger charge is 2.12. The molecule has 4 aromatic rings. The van der Waals surface area contributed by atoms with E-state index in [4.69, 9.17) is 4.74 Å². The molecule has 4 heterocycles. The average Bonchev–Trinajstić information content (AvgIpc) is 3.26. The first kappa shape index (κ1) is 14.0. The van der Waals surface area contributed by atoms with E-state index in [0.29, 0.717) is 5.88 Å². The number of rotatable bonds is 4. The monoisotopic (exact) mass is 321 g/mol. The van der Waals surface area contributed by atoms with E-state index < -0.39 is 0 Å². The summed E-state index contributed by atoms with van der Waals surface area (Å²) < 4.78 is 5.12. The van der Waals surface area contributed by atoms with Crippen LogP contribution in [0, 0.1) is 0 Å². The van der Waals surface area contributed by atoms with Crippen molar-refractivity contribution >= 4 is 22.4 Å². The van der Waals surface area contributed by atoms with Crippen molar-refractivity contribution in [3.8, 4) is 17.0 Å². The Morgan fingerprint density at radius 1 is 1.17 bits per heavy atom. The standard InChI is InChI=1S/C18H15N3OS/c1-22-16-3-2-12(9-20-16)8-14-10-21-18-17(14)15(4-6-19-18)13-5-7-23-11-13/h2-7,9-11H,8H2,1H3,(H,19,21). The Bertz CT molecular complexity index is 927. The third kappa shape index (κ3) is 2.59. The molecule has 0 spiro atoms. The Hall–Kier alpha value is -2.66. The predicted molar refractivity (Wildman–Crippen MR) is 93.0 cm³/mol. The van der Waals surface area contributed by atoms with Gasteiger partial charge in [0.25, 0.3) is 0 Å². The van der Waals surface area contributed by atoms with Crippen LogP contribution in [-0.4, -0.2) is 22.1 Å². The molecule has 0 bridgehead atoms. The molecule has 0 aliphatic heterocycles. The molecule has 0 amide bonds. The van der Waals surface area contributed by atoms with Crippen LogP contribution in [0.15, 0.2) is 53.6 Å². The maximum Gasteiger partial charge on any atom is 0.212 e. The molecule has 0 aromatic carbocycles. The maximum atomic E-state index is 5.12. The SMILES string of the molecule is COc1ccc(Cc2c[nH]c3nccc(-c4ccsc4)c23)cn1. The summed E-state index contributed by atoms with van der Waals surface area (Å²) in [7, 11) is 1.63. The highest BCUT2D eigenvalue weighted by molar-refractivity contribution is 7.08. The Balaban J connectivity index is 1.78. The fourth-order valence-electron chi connectivity index (χ4n) is 2.78. The summed E-state index contributed by atoms with van der Waals surface area (Å²) >= 11 is 1.71. The van der Waals surface area contributed by atoms with Crippen molar-refractivity contribution < 1.29 is 4.74 Å². The molecular weight excluding hydrogens is 306 g/mol. The Morgan fingerprint density at radius 3 is 2.87 bits per heavy atom. The van der Waals surface area contributed by atoms with Gasteiger partial charge in [-0.15, -0.1) is 0 Å². The van der Waals surface area contributed by atoms with Crippen LogP contribution < -0.4 is 4.74 Å². The van der Waals surface area contributed by atoms with Crippen molar-refractivity contribution in [1.29, 1.82) is 0 Å². The van der Waals surface area contributed by atoms with Crippen molar-refractivity contribution in [2.75, 3.05) is 7.11 Å². The minimum Gasteiger partial charge on any atom is -0.481 e. The summed E-state index contributed by atoms with van der Waals surface area (Å²) in [6.45, 7) is 0. The van der Waals surface area contributed by atoms with Gasteiger partial charge in [-0.2, -0.15) is 11.3 Å². The lowest BCUT2D eigenvalue weighted by Crippen LogP contribution is -1.92. The average molecular weight is 321 g/mol. The van der Waals surface area contributed by atoms with Gasteiger partial charge in [0.15, 0.2) is 0 Å². The normalized spacial score (nSPS) is 11.0. The van der Waals surface area contributed by atoms with E-state index in [1.165, 1.54) is 22.1 Å². The van der Waals surface area contributed by atoms with E-state index >= 15 is 0 Å². The van der Waals surface area contributed by atoms with E-state index in [9.17, 15) is 0 Å². The molecule has 0 aliphatic carbocycles. The summed E-state index contributed by atoms with van der Waals surface area (Å²) in [6, 6.07) is 8.16. The zero-order chi connectivity index (χ0) is 15.6. The molecule has 0 fully saturated rings. The number of hydrogen-bond acceptors (Lipinski definition) is 4. The lowest BCUT2D eigenvalue weighted by molar-refractivity contribution is 0.397. The number of ether oxygens (including phenoxy) is 1. The van der Waals surface area contributed by atoms with Crippen molar-refractivity contribution in [3.05, 3.63) is 64.7 Å². The fraction of sp³-hybridized carbons (Fsp3) is 0.111. The number of thiophene rings is 1. The minimum atomic E-state index is 0.633. The van der Waals surface area contributed by atoms with E-state index in [-0.39, 0.29) is 0 Å². The Morgan fingerprint density at radius 2 is 2.13 bits per heavy atom. The third-order valence-electron chi connectivity index (χ3n) is 3.89. The largest absolute Gasteiger partial charge is 0.481 e. The summed E-state index contributed by atoms with van der Waals surface area (Å²) in [5, 5.41) is 5.45. The minimum absolute atomic E-state index is 0.633. The molecule has 4 aromatic heterocycles. The second kappa shape index (κ2) is 5.85. The van der Waals surface area contributed by atoms with E-state index in [1.807, 2.05) is 30.7 Å². The van der Waals surface area contributed by atoms with Crippen LogP contribution in [0.5, 0.6) is 5.88 Å². The Kier molecular flexibility index (Phi) is 3.55. The van der Waals surface area contributed by atoms with Gasteiger partial charge in [-0.3, -0.25) is 0 Å². The van der Waals surface area contributed by atoms with Gasteiger partial charge in [-0.1, -0.05) is 6.07 Å². The van der Waals surface area contributed by atoms with E-state index in [1.54, 1.807) is 18.4 Å². The van der Waals surface area contributed by atoms with Crippen LogP contribution in [0.3, 0.4) is 0 Å². The molecule has 0 saturated heterocycles. The highest BCUT2D eigenvalue weighted by Crippen LogP contribution is 2.32. The van der Waals surface area contributed by atoms with Crippen molar-refractivity contribution in [2.24, 2.45) is 0 Å². The molecule has 4 nitrogen and oxygen atoms in total.